The Morgan fingerprint density at radius 1 is 1.30 bits per heavy atom. The average molecular weight is 342 g/mol. The highest BCUT2D eigenvalue weighted by Gasteiger charge is 2.24. The summed E-state index contributed by atoms with van der Waals surface area (Å²) in [6.45, 7) is 9.24. The summed E-state index contributed by atoms with van der Waals surface area (Å²) in [5.41, 5.74) is -0.0943. The fourth-order valence-electron chi connectivity index (χ4n) is 1.87. The predicted octanol–water partition coefficient (Wildman–Crippen LogP) is 2.30. The van der Waals surface area contributed by atoms with Crippen LogP contribution in [0.3, 0.4) is 0 Å². The van der Waals surface area contributed by atoms with E-state index in [9.17, 15) is 13.2 Å². The van der Waals surface area contributed by atoms with Gasteiger partial charge in [-0.3, -0.25) is 4.79 Å². The third-order valence-electron chi connectivity index (χ3n) is 3.44. The SMILES string of the molecule is CCC(C)(C)NC(=O)c1ccc(OC)c(S(=O)(=O)NC(C)C)c1. The standard InChI is InChI=1S/C16H26N2O4S/c1-7-16(4,5)17-15(19)12-8-9-13(22-6)14(10-12)23(20,21)18-11(2)3/h8-11,18H,7H2,1-6H3,(H,17,19). The number of hydrogen-bond donors (Lipinski definition) is 2. The summed E-state index contributed by atoms with van der Waals surface area (Å²) in [7, 11) is -2.37. The van der Waals surface area contributed by atoms with E-state index in [1.807, 2.05) is 20.8 Å². The number of nitrogens with one attached hydrogen (secondary N) is 2. The number of carbonyl (C=O) groups is 1. The fraction of sp³-hybridized carbons (Fsp3) is 0.562. The first kappa shape index (κ1) is 19.4. The summed E-state index contributed by atoms with van der Waals surface area (Å²) in [6, 6.07) is 4.11. The molecule has 1 aromatic carbocycles. The maximum absolute atomic E-state index is 12.4. The predicted molar refractivity (Wildman–Crippen MR) is 90.3 cm³/mol. The molecule has 1 rings (SSSR count). The second-order valence-corrected chi connectivity index (χ2v) is 8.02. The van der Waals surface area contributed by atoms with Crippen LogP contribution in [0, 0.1) is 0 Å². The maximum atomic E-state index is 12.4. The lowest BCUT2D eigenvalue weighted by Gasteiger charge is -2.24. The summed E-state index contributed by atoms with van der Waals surface area (Å²) < 4.78 is 32.4. The second-order valence-electron chi connectivity index (χ2n) is 6.33. The Kier molecular flexibility index (Phi) is 6.18. The van der Waals surface area contributed by atoms with Gasteiger partial charge in [0.25, 0.3) is 5.91 Å². The Balaban J connectivity index is 3.25. The van der Waals surface area contributed by atoms with Gasteiger partial charge in [0.2, 0.25) is 10.0 Å². The normalized spacial score (nSPS) is 12.3. The van der Waals surface area contributed by atoms with Gasteiger partial charge in [0, 0.05) is 17.1 Å². The van der Waals surface area contributed by atoms with Crippen LogP contribution >= 0.6 is 0 Å². The molecule has 23 heavy (non-hydrogen) atoms. The highest BCUT2D eigenvalue weighted by molar-refractivity contribution is 7.89. The smallest absolute Gasteiger partial charge is 0.251 e. The first-order valence-corrected chi connectivity index (χ1v) is 9.03. The van der Waals surface area contributed by atoms with Crippen LogP contribution < -0.4 is 14.8 Å². The van der Waals surface area contributed by atoms with Gasteiger partial charge in [0.05, 0.1) is 7.11 Å². The molecule has 0 aromatic heterocycles. The Morgan fingerprint density at radius 2 is 1.91 bits per heavy atom. The molecule has 0 heterocycles. The molecule has 0 aliphatic heterocycles. The van der Waals surface area contributed by atoms with Crippen LogP contribution in [0.1, 0.15) is 51.4 Å². The lowest BCUT2D eigenvalue weighted by Crippen LogP contribution is -2.42. The molecule has 6 nitrogen and oxygen atoms in total. The highest BCUT2D eigenvalue weighted by atomic mass is 32.2. The van der Waals surface area contributed by atoms with E-state index in [0.29, 0.717) is 0 Å². The van der Waals surface area contributed by atoms with Crippen molar-refractivity contribution in [2.75, 3.05) is 7.11 Å². The van der Waals surface area contributed by atoms with E-state index in [-0.39, 0.29) is 33.7 Å². The van der Waals surface area contributed by atoms with Gasteiger partial charge in [-0.05, 0) is 52.3 Å². The minimum absolute atomic E-state index is 0.0457. The molecule has 0 aliphatic carbocycles. The van der Waals surface area contributed by atoms with Gasteiger partial charge >= 0.3 is 0 Å². The van der Waals surface area contributed by atoms with Gasteiger partial charge in [-0.15, -0.1) is 0 Å². The third kappa shape index (κ3) is 5.21. The van der Waals surface area contributed by atoms with Crippen LogP contribution in [-0.2, 0) is 10.0 Å². The van der Waals surface area contributed by atoms with Crippen LogP contribution in [-0.4, -0.2) is 33.0 Å². The van der Waals surface area contributed by atoms with E-state index in [2.05, 4.69) is 10.0 Å². The topological polar surface area (TPSA) is 84.5 Å². The Labute approximate surface area is 138 Å². The molecule has 1 amide bonds. The van der Waals surface area contributed by atoms with Gasteiger partial charge < -0.3 is 10.1 Å². The lowest BCUT2D eigenvalue weighted by molar-refractivity contribution is 0.0911. The summed E-state index contributed by atoms with van der Waals surface area (Å²) in [5, 5.41) is 2.88. The number of ether oxygens (including phenoxy) is 1. The fourth-order valence-corrected chi connectivity index (χ4v) is 3.32. The van der Waals surface area contributed by atoms with Gasteiger partial charge in [0.1, 0.15) is 10.6 Å². The monoisotopic (exact) mass is 342 g/mol. The molecular formula is C16H26N2O4S. The van der Waals surface area contributed by atoms with Crippen LogP contribution in [0.25, 0.3) is 0 Å². The molecule has 130 valence electrons. The molecule has 7 heteroatoms. The Morgan fingerprint density at radius 3 is 2.39 bits per heavy atom. The molecular weight excluding hydrogens is 316 g/mol. The minimum Gasteiger partial charge on any atom is -0.495 e. The molecule has 0 unspecified atom stereocenters. The third-order valence-corrected chi connectivity index (χ3v) is 5.12. The van der Waals surface area contributed by atoms with Crippen molar-refractivity contribution in [1.29, 1.82) is 0 Å². The molecule has 0 aliphatic rings. The van der Waals surface area contributed by atoms with Crippen molar-refractivity contribution in [2.45, 2.75) is 57.5 Å². The zero-order chi connectivity index (χ0) is 17.8. The van der Waals surface area contributed by atoms with Crippen molar-refractivity contribution in [1.82, 2.24) is 10.0 Å². The highest BCUT2D eigenvalue weighted by Crippen LogP contribution is 2.25. The molecule has 0 fully saturated rings. The van der Waals surface area contributed by atoms with E-state index < -0.39 is 10.0 Å². The number of sulfonamides is 1. The molecule has 0 saturated heterocycles. The van der Waals surface area contributed by atoms with Gasteiger partial charge in [-0.2, -0.15) is 0 Å². The Hall–Kier alpha value is -1.60. The molecule has 0 atom stereocenters. The average Bonchev–Trinajstić information content (AvgIpc) is 2.44. The first-order valence-electron chi connectivity index (χ1n) is 7.55. The number of methoxy groups -OCH3 is 1. The van der Waals surface area contributed by atoms with E-state index in [0.717, 1.165) is 6.42 Å². The summed E-state index contributed by atoms with van der Waals surface area (Å²) in [5.74, 6) is -0.120. The van der Waals surface area contributed by atoms with E-state index in [4.69, 9.17) is 4.74 Å². The van der Waals surface area contributed by atoms with Gasteiger partial charge in [-0.25, -0.2) is 13.1 Å². The van der Waals surface area contributed by atoms with Crippen LogP contribution in [0.4, 0.5) is 0 Å². The lowest BCUT2D eigenvalue weighted by atomic mass is 10.0. The summed E-state index contributed by atoms with van der Waals surface area (Å²) in [4.78, 5) is 12.3. The molecule has 0 radical (unpaired) electrons. The van der Waals surface area contributed by atoms with Crippen LogP contribution in [0.2, 0.25) is 0 Å². The van der Waals surface area contributed by atoms with Crippen molar-refractivity contribution in [3.05, 3.63) is 23.8 Å². The minimum atomic E-state index is -3.76. The van der Waals surface area contributed by atoms with Crippen molar-refractivity contribution in [3.8, 4) is 5.75 Å². The van der Waals surface area contributed by atoms with Gasteiger partial charge in [-0.1, -0.05) is 6.92 Å². The molecule has 0 spiro atoms. The summed E-state index contributed by atoms with van der Waals surface area (Å²) in [6.07, 6.45) is 0.759. The second kappa shape index (κ2) is 7.31. The van der Waals surface area contributed by atoms with Crippen molar-refractivity contribution in [3.63, 3.8) is 0 Å². The molecule has 1 aromatic rings. The van der Waals surface area contributed by atoms with E-state index in [1.165, 1.54) is 19.2 Å². The largest absolute Gasteiger partial charge is 0.495 e. The Bertz CT molecular complexity index is 667. The molecule has 2 N–H and O–H groups in total. The molecule has 0 bridgehead atoms. The summed E-state index contributed by atoms with van der Waals surface area (Å²) >= 11 is 0. The van der Waals surface area contributed by atoms with E-state index in [1.54, 1.807) is 19.9 Å². The van der Waals surface area contributed by atoms with Crippen molar-refractivity contribution < 1.29 is 17.9 Å². The zero-order valence-corrected chi connectivity index (χ0v) is 15.4. The quantitative estimate of drug-likeness (QED) is 0.796. The maximum Gasteiger partial charge on any atom is 0.251 e. The number of hydrogen-bond acceptors (Lipinski definition) is 4. The van der Waals surface area contributed by atoms with Crippen LogP contribution in [0.15, 0.2) is 23.1 Å². The van der Waals surface area contributed by atoms with Gasteiger partial charge in [0.15, 0.2) is 0 Å². The number of rotatable bonds is 7. The van der Waals surface area contributed by atoms with Crippen LogP contribution in [0.5, 0.6) is 5.75 Å². The van der Waals surface area contributed by atoms with Crippen molar-refractivity contribution in [2.24, 2.45) is 0 Å². The van der Waals surface area contributed by atoms with E-state index >= 15 is 0 Å². The number of carbonyl (C=O) groups excluding carboxylic acids is 1. The number of benzene rings is 1. The zero-order valence-electron chi connectivity index (χ0n) is 14.6. The molecule has 0 saturated carbocycles. The van der Waals surface area contributed by atoms with Crippen molar-refractivity contribution >= 4 is 15.9 Å². The number of amides is 1. The first-order chi connectivity index (χ1) is 10.5.